The van der Waals surface area contributed by atoms with E-state index in [0.717, 1.165) is 19.1 Å². The summed E-state index contributed by atoms with van der Waals surface area (Å²) in [7, 11) is 0. The highest BCUT2D eigenvalue weighted by Gasteiger charge is 2.50. The zero-order valence-electron chi connectivity index (χ0n) is 8.99. The standard InChI is InChI=1S/C13H18O/c1-3-14-10-13(2)9-12(13)11-7-5-4-6-8-11/h4-8,12H,3,9-10H2,1-2H3/t12-,13+/m0/s1. The van der Waals surface area contributed by atoms with E-state index in [4.69, 9.17) is 4.74 Å². The summed E-state index contributed by atoms with van der Waals surface area (Å²) in [5.74, 6) is 0.718. The van der Waals surface area contributed by atoms with E-state index >= 15 is 0 Å². The Labute approximate surface area is 86.1 Å². The number of hydrogen-bond acceptors (Lipinski definition) is 1. The topological polar surface area (TPSA) is 9.23 Å². The molecule has 0 aliphatic heterocycles. The van der Waals surface area contributed by atoms with Crippen LogP contribution in [0, 0.1) is 5.41 Å². The number of hydrogen-bond donors (Lipinski definition) is 0. The molecule has 1 aromatic rings. The number of benzene rings is 1. The molecule has 1 aliphatic carbocycles. The van der Waals surface area contributed by atoms with Gasteiger partial charge >= 0.3 is 0 Å². The Morgan fingerprint density at radius 2 is 2.07 bits per heavy atom. The van der Waals surface area contributed by atoms with Crippen molar-refractivity contribution >= 4 is 0 Å². The maximum atomic E-state index is 5.51. The van der Waals surface area contributed by atoms with Crippen LogP contribution in [0.4, 0.5) is 0 Å². The third-order valence-electron chi connectivity index (χ3n) is 3.19. The fourth-order valence-electron chi connectivity index (χ4n) is 2.11. The fraction of sp³-hybridized carbons (Fsp3) is 0.538. The molecule has 76 valence electrons. The monoisotopic (exact) mass is 190 g/mol. The smallest absolute Gasteiger partial charge is 0.0525 e. The summed E-state index contributed by atoms with van der Waals surface area (Å²) in [5, 5.41) is 0. The molecule has 1 fully saturated rings. The summed E-state index contributed by atoms with van der Waals surface area (Å²) < 4.78 is 5.51. The van der Waals surface area contributed by atoms with Gasteiger partial charge in [0.2, 0.25) is 0 Å². The lowest BCUT2D eigenvalue weighted by Gasteiger charge is -2.10. The molecule has 0 heterocycles. The Balaban J connectivity index is 1.98. The van der Waals surface area contributed by atoms with Gasteiger partial charge in [-0.1, -0.05) is 37.3 Å². The lowest BCUT2D eigenvalue weighted by Crippen LogP contribution is -2.08. The Morgan fingerprint density at radius 1 is 1.36 bits per heavy atom. The van der Waals surface area contributed by atoms with Crippen molar-refractivity contribution in [1.82, 2.24) is 0 Å². The Morgan fingerprint density at radius 3 is 2.71 bits per heavy atom. The van der Waals surface area contributed by atoms with Gasteiger partial charge in [0.05, 0.1) is 6.61 Å². The van der Waals surface area contributed by atoms with Crippen LogP contribution < -0.4 is 0 Å². The zero-order valence-corrected chi connectivity index (χ0v) is 8.99. The lowest BCUT2D eigenvalue weighted by atomic mass is 10.0. The molecule has 0 bridgehead atoms. The van der Waals surface area contributed by atoms with Crippen LogP contribution in [0.5, 0.6) is 0 Å². The average Bonchev–Trinajstić information content (AvgIpc) is 2.90. The van der Waals surface area contributed by atoms with Crippen LogP contribution >= 0.6 is 0 Å². The molecule has 0 unspecified atom stereocenters. The molecule has 1 aliphatic rings. The van der Waals surface area contributed by atoms with Crippen LogP contribution in [0.3, 0.4) is 0 Å². The van der Waals surface area contributed by atoms with Crippen molar-refractivity contribution in [2.24, 2.45) is 5.41 Å². The molecule has 14 heavy (non-hydrogen) atoms. The van der Waals surface area contributed by atoms with Gasteiger partial charge in [0.1, 0.15) is 0 Å². The summed E-state index contributed by atoms with van der Waals surface area (Å²) in [4.78, 5) is 0. The third-order valence-corrected chi connectivity index (χ3v) is 3.19. The SMILES string of the molecule is CCOC[C@@]1(C)C[C@H]1c1ccccc1. The van der Waals surface area contributed by atoms with E-state index in [-0.39, 0.29) is 0 Å². The van der Waals surface area contributed by atoms with E-state index < -0.39 is 0 Å². The highest BCUT2D eigenvalue weighted by atomic mass is 16.5. The van der Waals surface area contributed by atoms with Crippen molar-refractivity contribution < 1.29 is 4.74 Å². The van der Waals surface area contributed by atoms with E-state index in [1.807, 2.05) is 0 Å². The van der Waals surface area contributed by atoms with E-state index in [0.29, 0.717) is 5.41 Å². The molecule has 0 amide bonds. The number of rotatable bonds is 4. The minimum absolute atomic E-state index is 0.400. The first-order chi connectivity index (χ1) is 6.76. The largest absolute Gasteiger partial charge is 0.381 e. The predicted molar refractivity (Wildman–Crippen MR) is 58.4 cm³/mol. The minimum atomic E-state index is 0.400. The first kappa shape index (κ1) is 9.72. The molecule has 1 saturated carbocycles. The Hall–Kier alpha value is -0.820. The second kappa shape index (κ2) is 3.74. The molecule has 0 saturated heterocycles. The second-order valence-corrected chi connectivity index (χ2v) is 4.46. The van der Waals surface area contributed by atoms with Crippen molar-refractivity contribution in [3.63, 3.8) is 0 Å². The zero-order chi connectivity index (χ0) is 10.0. The highest BCUT2D eigenvalue weighted by Crippen LogP contribution is 2.58. The van der Waals surface area contributed by atoms with Crippen molar-refractivity contribution in [1.29, 1.82) is 0 Å². The molecule has 0 N–H and O–H groups in total. The van der Waals surface area contributed by atoms with Crippen molar-refractivity contribution in [2.45, 2.75) is 26.2 Å². The Kier molecular flexibility index (Phi) is 2.60. The van der Waals surface area contributed by atoms with Crippen LogP contribution in [-0.4, -0.2) is 13.2 Å². The van der Waals surface area contributed by atoms with Crippen LogP contribution in [0.2, 0.25) is 0 Å². The van der Waals surface area contributed by atoms with Crippen molar-refractivity contribution in [2.75, 3.05) is 13.2 Å². The maximum Gasteiger partial charge on any atom is 0.0525 e. The minimum Gasteiger partial charge on any atom is -0.381 e. The van der Waals surface area contributed by atoms with Gasteiger partial charge in [-0.15, -0.1) is 0 Å². The molecule has 0 radical (unpaired) electrons. The van der Waals surface area contributed by atoms with Gasteiger partial charge < -0.3 is 4.74 Å². The van der Waals surface area contributed by atoms with Gasteiger partial charge in [0.25, 0.3) is 0 Å². The van der Waals surface area contributed by atoms with E-state index in [9.17, 15) is 0 Å². The van der Waals surface area contributed by atoms with Crippen LogP contribution in [0.15, 0.2) is 30.3 Å². The van der Waals surface area contributed by atoms with Crippen molar-refractivity contribution in [3.05, 3.63) is 35.9 Å². The van der Waals surface area contributed by atoms with Gasteiger partial charge in [0.15, 0.2) is 0 Å². The Bertz CT molecular complexity index is 293. The van der Waals surface area contributed by atoms with Gasteiger partial charge in [-0.2, -0.15) is 0 Å². The first-order valence-corrected chi connectivity index (χ1v) is 5.39. The van der Waals surface area contributed by atoms with Crippen LogP contribution in [0.25, 0.3) is 0 Å². The molecule has 0 spiro atoms. The molecule has 2 rings (SSSR count). The molecule has 1 heteroatoms. The molecular formula is C13H18O. The van der Waals surface area contributed by atoms with Gasteiger partial charge in [-0.05, 0) is 30.2 Å². The molecule has 1 aromatic carbocycles. The summed E-state index contributed by atoms with van der Waals surface area (Å²) in [6.07, 6.45) is 1.27. The van der Waals surface area contributed by atoms with Gasteiger partial charge in [-0.3, -0.25) is 0 Å². The summed E-state index contributed by atoms with van der Waals surface area (Å²) in [5.41, 5.74) is 1.87. The quantitative estimate of drug-likeness (QED) is 0.708. The van der Waals surface area contributed by atoms with Crippen molar-refractivity contribution in [3.8, 4) is 0 Å². The third kappa shape index (κ3) is 1.83. The molecular weight excluding hydrogens is 172 g/mol. The summed E-state index contributed by atoms with van der Waals surface area (Å²) >= 11 is 0. The highest BCUT2D eigenvalue weighted by molar-refractivity contribution is 5.28. The molecule has 2 atom stereocenters. The molecule has 1 nitrogen and oxygen atoms in total. The van der Waals surface area contributed by atoms with E-state index in [1.54, 1.807) is 0 Å². The fourth-order valence-corrected chi connectivity index (χ4v) is 2.11. The lowest BCUT2D eigenvalue weighted by molar-refractivity contribution is 0.105. The second-order valence-electron chi connectivity index (χ2n) is 4.46. The molecule has 0 aromatic heterocycles. The predicted octanol–water partition coefficient (Wildman–Crippen LogP) is 3.22. The van der Waals surface area contributed by atoms with Crippen LogP contribution in [-0.2, 0) is 4.74 Å². The summed E-state index contributed by atoms with van der Waals surface area (Å²) in [6.45, 7) is 6.11. The van der Waals surface area contributed by atoms with E-state index in [1.165, 1.54) is 12.0 Å². The first-order valence-electron chi connectivity index (χ1n) is 5.39. The normalized spacial score (nSPS) is 30.3. The van der Waals surface area contributed by atoms with Crippen LogP contribution in [0.1, 0.15) is 31.7 Å². The maximum absolute atomic E-state index is 5.51. The summed E-state index contributed by atoms with van der Waals surface area (Å²) in [6, 6.07) is 10.8. The van der Waals surface area contributed by atoms with Gasteiger partial charge in [0, 0.05) is 6.61 Å². The average molecular weight is 190 g/mol. The van der Waals surface area contributed by atoms with Gasteiger partial charge in [-0.25, -0.2) is 0 Å². The number of ether oxygens (including phenoxy) is 1. The van der Waals surface area contributed by atoms with E-state index in [2.05, 4.69) is 44.2 Å².